The lowest BCUT2D eigenvalue weighted by molar-refractivity contribution is 0.107. The highest BCUT2D eigenvalue weighted by molar-refractivity contribution is 7.10. The number of aliphatic hydroxyl groups excluding tert-OH is 1. The number of aliphatic hydroxyl groups is 1. The fraction of sp³-hybridized carbons (Fsp3) is 0.200. The maximum atomic E-state index is 13.3. The molecule has 1 aromatic carbocycles. The minimum absolute atomic E-state index is 0.144. The third kappa shape index (κ3) is 4.18. The highest BCUT2D eigenvalue weighted by Gasteiger charge is 2.02. The van der Waals surface area contributed by atoms with Crippen LogP contribution in [0.15, 0.2) is 35.7 Å². The number of rotatable bonds is 4. The van der Waals surface area contributed by atoms with Crippen molar-refractivity contribution in [3.05, 3.63) is 57.5 Å². The van der Waals surface area contributed by atoms with E-state index in [1.807, 2.05) is 11.4 Å². The topological polar surface area (TPSA) is 29.5 Å². The second-order valence-electron chi connectivity index (χ2n) is 3.85. The van der Waals surface area contributed by atoms with Gasteiger partial charge in [-0.1, -0.05) is 30.0 Å². The molecule has 0 spiro atoms. The van der Waals surface area contributed by atoms with Crippen LogP contribution in [0.5, 0.6) is 0 Å². The largest absolute Gasteiger partial charge is 0.384 e. The number of hydrogen-bond donors (Lipinski definition) is 1. The van der Waals surface area contributed by atoms with Gasteiger partial charge in [-0.15, -0.1) is 11.3 Å². The lowest BCUT2D eigenvalue weighted by atomic mass is 10.2. The molecule has 0 bridgehead atoms. The van der Waals surface area contributed by atoms with Crippen LogP contribution in [0.4, 0.5) is 4.39 Å². The smallest absolute Gasteiger partial charge is 0.128 e. The van der Waals surface area contributed by atoms with E-state index in [1.165, 1.54) is 17.4 Å². The Labute approximate surface area is 115 Å². The van der Waals surface area contributed by atoms with Gasteiger partial charge in [0.15, 0.2) is 0 Å². The Morgan fingerprint density at radius 2 is 2.11 bits per heavy atom. The predicted octanol–water partition coefficient (Wildman–Crippen LogP) is 2.95. The van der Waals surface area contributed by atoms with Crippen molar-refractivity contribution in [2.75, 3.05) is 6.61 Å². The third-order valence-electron chi connectivity index (χ3n) is 2.43. The Morgan fingerprint density at radius 3 is 2.89 bits per heavy atom. The second-order valence-corrected chi connectivity index (χ2v) is 4.84. The standard InChI is InChI=1S/C15H13FO2S/c16-15-6-2-1-5-13(15)9-18-10-14-8-12(11-19-14)4-3-7-17/h1-2,5-6,8,11,17H,7,9-10H2. The molecule has 4 heteroatoms. The molecule has 0 aliphatic rings. The molecule has 0 saturated heterocycles. The van der Waals surface area contributed by atoms with Gasteiger partial charge in [0, 0.05) is 21.4 Å². The van der Waals surface area contributed by atoms with Gasteiger partial charge >= 0.3 is 0 Å². The van der Waals surface area contributed by atoms with E-state index in [0.717, 1.165) is 10.4 Å². The summed E-state index contributed by atoms with van der Waals surface area (Å²) in [6, 6.07) is 8.49. The van der Waals surface area contributed by atoms with Crippen molar-refractivity contribution >= 4 is 11.3 Å². The molecule has 2 aromatic rings. The van der Waals surface area contributed by atoms with Gasteiger partial charge < -0.3 is 9.84 Å². The average Bonchev–Trinajstić information content (AvgIpc) is 2.86. The van der Waals surface area contributed by atoms with Crippen LogP contribution >= 0.6 is 11.3 Å². The lowest BCUT2D eigenvalue weighted by Crippen LogP contribution is -1.95. The fourth-order valence-electron chi connectivity index (χ4n) is 1.54. The summed E-state index contributed by atoms with van der Waals surface area (Å²) in [4.78, 5) is 1.03. The van der Waals surface area contributed by atoms with E-state index in [1.54, 1.807) is 18.2 Å². The average molecular weight is 276 g/mol. The number of thiophene rings is 1. The van der Waals surface area contributed by atoms with Crippen LogP contribution in [0.3, 0.4) is 0 Å². The van der Waals surface area contributed by atoms with Crippen LogP contribution in [0.2, 0.25) is 0 Å². The molecule has 19 heavy (non-hydrogen) atoms. The van der Waals surface area contributed by atoms with Crippen molar-refractivity contribution in [3.8, 4) is 11.8 Å². The maximum absolute atomic E-state index is 13.3. The fourth-order valence-corrected chi connectivity index (χ4v) is 2.29. The highest BCUT2D eigenvalue weighted by atomic mass is 32.1. The molecule has 1 N–H and O–H groups in total. The summed E-state index contributed by atoms with van der Waals surface area (Å²) in [5, 5.41) is 10.5. The Bertz CT molecular complexity index is 595. The van der Waals surface area contributed by atoms with E-state index in [2.05, 4.69) is 11.8 Å². The number of benzene rings is 1. The van der Waals surface area contributed by atoms with Crippen LogP contribution in [-0.4, -0.2) is 11.7 Å². The van der Waals surface area contributed by atoms with E-state index in [0.29, 0.717) is 12.2 Å². The lowest BCUT2D eigenvalue weighted by Gasteiger charge is -2.03. The van der Waals surface area contributed by atoms with Gasteiger partial charge in [0.25, 0.3) is 0 Å². The summed E-state index contributed by atoms with van der Waals surface area (Å²) in [5.41, 5.74) is 1.42. The van der Waals surface area contributed by atoms with Gasteiger partial charge in [0.2, 0.25) is 0 Å². The molecule has 0 saturated carbocycles. The molecular weight excluding hydrogens is 263 g/mol. The number of ether oxygens (including phenoxy) is 1. The molecule has 98 valence electrons. The van der Waals surface area contributed by atoms with Crippen molar-refractivity contribution in [3.63, 3.8) is 0 Å². The van der Waals surface area contributed by atoms with E-state index in [4.69, 9.17) is 9.84 Å². The summed E-state index contributed by atoms with van der Waals surface area (Å²) < 4.78 is 18.8. The Morgan fingerprint density at radius 1 is 1.26 bits per heavy atom. The Balaban J connectivity index is 1.86. The van der Waals surface area contributed by atoms with Gasteiger partial charge in [0.05, 0.1) is 13.2 Å². The van der Waals surface area contributed by atoms with Crippen molar-refractivity contribution in [1.29, 1.82) is 0 Å². The molecule has 1 aromatic heterocycles. The molecule has 1 heterocycles. The summed E-state index contributed by atoms with van der Waals surface area (Å²) in [7, 11) is 0. The summed E-state index contributed by atoms with van der Waals surface area (Å²) >= 11 is 1.54. The quantitative estimate of drug-likeness (QED) is 0.870. The van der Waals surface area contributed by atoms with Crippen molar-refractivity contribution in [1.82, 2.24) is 0 Å². The van der Waals surface area contributed by atoms with Gasteiger partial charge in [-0.25, -0.2) is 4.39 Å². The summed E-state index contributed by atoms with van der Waals surface area (Å²) in [5.74, 6) is 5.17. The zero-order valence-corrected chi connectivity index (χ0v) is 11.0. The molecule has 0 unspecified atom stereocenters. The Kier molecular flexibility index (Phi) is 5.10. The van der Waals surface area contributed by atoms with Gasteiger partial charge in [-0.3, -0.25) is 0 Å². The first-order valence-corrected chi connectivity index (χ1v) is 6.66. The first-order chi connectivity index (χ1) is 9.29. The third-order valence-corrected chi connectivity index (χ3v) is 3.34. The van der Waals surface area contributed by atoms with E-state index >= 15 is 0 Å². The van der Waals surface area contributed by atoms with E-state index < -0.39 is 0 Å². The SMILES string of the molecule is OCC#Cc1csc(COCc2ccccc2F)c1. The highest BCUT2D eigenvalue weighted by Crippen LogP contribution is 2.16. The zero-order valence-electron chi connectivity index (χ0n) is 10.2. The molecule has 0 amide bonds. The van der Waals surface area contributed by atoms with Crippen LogP contribution < -0.4 is 0 Å². The molecule has 0 fully saturated rings. The van der Waals surface area contributed by atoms with E-state index in [-0.39, 0.29) is 19.0 Å². The van der Waals surface area contributed by atoms with Crippen LogP contribution in [0, 0.1) is 17.7 Å². The summed E-state index contributed by atoms with van der Waals surface area (Å²) in [6.45, 7) is 0.539. The zero-order chi connectivity index (χ0) is 13.5. The van der Waals surface area contributed by atoms with Crippen molar-refractivity contribution in [2.24, 2.45) is 0 Å². The second kappa shape index (κ2) is 7.05. The first kappa shape index (κ1) is 13.8. The molecular formula is C15H13FO2S. The number of halogens is 1. The Hall–Kier alpha value is -1.67. The van der Waals surface area contributed by atoms with Crippen LogP contribution in [-0.2, 0) is 18.0 Å². The van der Waals surface area contributed by atoms with Gasteiger partial charge in [-0.05, 0) is 12.1 Å². The minimum atomic E-state index is -0.247. The minimum Gasteiger partial charge on any atom is -0.384 e. The molecule has 0 aliphatic heterocycles. The van der Waals surface area contributed by atoms with Crippen molar-refractivity contribution < 1.29 is 14.2 Å². The summed E-state index contributed by atoms with van der Waals surface area (Å²) in [6.07, 6.45) is 0. The van der Waals surface area contributed by atoms with Crippen LogP contribution in [0.25, 0.3) is 0 Å². The normalized spacial score (nSPS) is 10.0. The van der Waals surface area contributed by atoms with Gasteiger partial charge in [-0.2, -0.15) is 0 Å². The van der Waals surface area contributed by atoms with E-state index in [9.17, 15) is 4.39 Å². The molecule has 0 aliphatic carbocycles. The number of hydrogen-bond acceptors (Lipinski definition) is 3. The maximum Gasteiger partial charge on any atom is 0.128 e. The first-order valence-electron chi connectivity index (χ1n) is 5.78. The van der Waals surface area contributed by atoms with Crippen molar-refractivity contribution in [2.45, 2.75) is 13.2 Å². The molecule has 2 nitrogen and oxygen atoms in total. The molecule has 0 radical (unpaired) electrons. The van der Waals surface area contributed by atoms with Crippen LogP contribution in [0.1, 0.15) is 16.0 Å². The predicted molar refractivity (Wildman–Crippen MR) is 73.2 cm³/mol. The monoisotopic (exact) mass is 276 g/mol. The van der Waals surface area contributed by atoms with Gasteiger partial charge in [0.1, 0.15) is 12.4 Å². The molecule has 0 atom stereocenters. The molecule has 2 rings (SSSR count).